The number of carbonyl (C=O) groups is 1. The number of rotatable bonds is 3. The van der Waals surface area contributed by atoms with E-state index in [0.29, 0.717) is 23.6 Å². The molecule has 2 rings (SSSR count). The highest BCUT2D eigenvalue weighted by molar-refractivity contribution is 5.94. The van der Waals surface area contributed by atoms with E-state index in [-0.39, 0.29) is 11.7 Å². The summed E-state index contributed by atoms with van der Waals surface area (Å²) in [7, 11) is 0. The second kappa shape index (κ2) is 5.96. The van der Waals surface area contributed by atoms with Crippen LogP contribution in [0.25, 0.3) is 0 Å². The molecule has 0 atom stereocenters. The highest BCUT2D eigenvalue weighted by Gasteiger charge is 2.15. The zero-order valence-electron chi connectivity index (χ0n) is 10.5. The maximum atomic E-state index is 13.3. The van der Waals surface area contributed by atoms with E-state index in [1.54, 1.807) is 19.1 Å². The number of hydrogen-bond acceptors (Lipinski definition) is 2. The quantitative estimate of drug-likeness (QED) is 0.895. The van der Waals surface area contributed by atoms with Crippen LogP contribution in [-0.2, 0) is 4.74 Å². The first-order valence-electron chi connectivity index (χ1n) is 6.29. The summed E-state index contributed by atoms with van der Waals surface area (Å²) in [5.74, 6) is -0.0768. The zero-order chi connectivity index (χ0) is 13.0. The van der Waals surface area contributed by atoms with Crippen LogP contribution >= 0.6 is 0 Å². The Bertz CT molecular complexity index is 428. The van der Waals surface area contributed by atoms with Crippen LogP contribution in [-0.4, -0.2) is 25.7 Å². The molecule has 1 saturated heterocycles. The Labute approximate surface area is 106 Å². The van der Waals surface area contributed by atoms with Gasteiger partial charge in [-0.25, -0.2) is 4.39 Å². The van der Waals surface area contributed by atoms with Gasteiger partial charge < -0.3 is 10.1 Å². The van der Waals surface area contributed by atoms with Crippen LogP contribution in [0.5, 0.6) is 0 Å². The summed E-state index contributed by atoms with van der Waals surface area (Å²) >= 11 is 0. The first-order valence-corrected chi connectivity index (χ1v) is 6.29. The normalized spacial score (nSPS) is 16.6. The minimum atomic E-state index is -0.339. The fourth-order valence-electron chi connectivity index (χ4n) is 2.02. The summed E-state index contributed by atoms with van der Waals surface area (Å²) in [4.78, 5) is 11.8. The first-order chi connectivity index (χ1) is 8.66. The maximum absolute atomic E-state index is 13.3. The molecule has 1 heterocycles. The highest BCUT2D eigenvalue weighted by atomic mass is 19.1. The van der Waals surface area contributed by atoms with Gasteiger partial charge >= 0.3 is 0 Å². The van der Waals surface area contributed by atoms with Gasteiger partial charge in [0.15, 0.2) is 0 Å². The Hall–Kier alpha value is -1.42. The van der Waals surface area contributed by atoms with Crippen LogP contribution in [0.1, 0.15) is 28.8 Å². The third-order valence-electron chi connectivity index (χ3n) is 3.33. The number of ether oxygens (including phenoxy) is 1. The molecule has 0 aliphatic carbocycles. The van der Waals surface area contributed by atoms with Gasteiger partial charge in [0.05, 0.1) is 0 Å². The van der Waals surface area contributed by atoms with E-state index in [0.717, 1.165) is 26.1 Å². The van der Waals surface area contributed by atoms with Gasteiger partial charge in [-0.1, -0.05) is 6.07 Å². The predicted octanol–water partition coefficient (Wildman–Crippen LogP) is 2.29. The Kier molecular flexibility index (Phi) is 4.31. The molecule has 0 saturated carbocycles. The average Bonchev–Trinajstić information content (AvgIpc) is 2.40. The molecular formula is C14H18FNO2. The SMILES string of the molecule is Cc1ccc(C(=O)NCC2CCOCC2)cc1F. The molecule has 1 aliphatic heterocycles. The molecular weight excluding hydrogens is 233 g/mol. The van der Waals surface area contributed by atoms with Gasteiger partial charge in [0.25, 0.3) is 5.91 Å². The van der Waals surface area contributed by atoms with Crippen LogP contribution in [0.15, 0.2) is 18.2 Å². The van der Waals surface area contributed by atoms with Crippen molar-refractivity contribution in [2.24, 2.45) is 5.92 Å². The highest BCUT2D eigenvalue weighted by Crippen LogP contribution is 2.14. The van der Waals surface area contributed by atoms with Gasteiger partial charge in [-0.05, 0) is 43.4 Å². The molecule has 0 radical (unpaired) electrons. The van der Waals surface area contributed by atoms with Crippen molar-refractivity contribution >= 4 is 5.91 Å². The Morgan fingerprint density at radius 3 is 2.83 bits per heavy atom. The van der Waals surface area contributed by atoms with Gasteiger partial charge in [0.1, 0.15) is 5.82 Å². The number of carbonyl (C=O) groups excluding carboxylic acids is 1. The standard InChI is InChI=1S/C14H18FNO2/c1-10-2-3-12(8-13(10)15)14(17)16-9-11-4-6-18-7-5-11/h2-3,8,11H,4-7,9H2,1H3,(H,16,17). The van der Waals surface area contributed by atoms with Crippen LogP contribution < -0.4 is 5.32 Å². The fourth-order valence-corrected chi connectivity index (χ4v) is 2.02. The molecule has 1 N–H and O–H groups in total. The Balaban J connectivity index is 1.88. The summed E-state index contributed by atoms with van der Waals surface area (Å²) < 4.78 is 18.6. The molecule has 1 fully saturated rings. The molecule has 98 valence electrons. The molecule has 0 bridgehead atoms. The monoisotopic (exact) mass is 251 g/mol. The fraction of sp³-hybridized carbons (Fsp3) is 0.500. The zero-order valence-corrected chi connectivity index (χ0v) is 10.5. The van der Waals surface area contributed by atoms with Crippen molar-refractivity contribution in [2.75, 3.05) is 19.8 Å². The average molecular weight is 251 g/mol. The lowest BCUT2D eigenvalue weighted by Gasteiger charge is -2.22. The molecule has 3 nitrogen and oxygen atoms in total. The molecule has 1 aromatic carbocycles. The van der Waals surface area contributed by atoms with Crippen molar-refractivity contribution in [3.05, 3.63) is 35.1 Å². The van der Waals surface area contributed by atoms with Gasteiger partial charge in [-0.3, -0.25) is 4.79 Å². The van der Waals surface area contributed by atoms with Gasteiger partial charge in [0, 0.05) is 25.3 Å². The molecule has 1 aliphatic rings. The molecule has 1 aromatic rings. The third-order valence-corrected chi connectivity index (χ3v) is 3.33. The van der Waals surface area contributed by atoms with Crippen molar-refractivity contribution in [2.45, 2.75) is 19.8 Å². The summed E-state index contributed by atoms with van der Waals surface area (Å²) in [6.07, 6.45) is 1.95. The van der Waals surface area contributed by atoms with E-state index < -0.39 is 0 Å². The van der Waals surface area contributed by atoms with Gasteiger partial charge in [-0.2, -0.15) is 0 Å². The molecule has 1 amide bonds. The van der Waals surface area contributed by atoms with E-state index in [9.17, 15) is 9.18 Å². The molecule has 0 unspecified atom stereocenters. The van der Waals surface area contributed by atoms with E-state index >= 15 is 0 Å². The summed E-state index contributed by atoms with van der Waals surface area (Å²) in [5.41, 5.74) is 0.932. The maximum Gasteiger partial charge on any atom is 0.251 e. The van der Waals surface area contributed by atoms with Crippen molar-refractivity contribution in [1.29, 1.82) is 0 Å². The third kappa shape index (κ3) is 3.29. The Morgan fingerprint density at radius 2 is 2.17 bits per heavy atom. The number of amides is 1. The summed E-state index contributed by atoms with van der Waals surface area (Å²) in [6, 6.07) is 4.56. The largest absolute Gasteiger partial charge is 0.381 e. The van der Waals surface area contributed by atoms with Crippen molar-refractivity contribution in [3.8, 4) is 0 Å². The lowest BCUT2D eigenvalue weighted by Crippen LogP contribution is -2.32. The smallest absolute Gasteiger partial charge is 0.251 e. The van der Waals surface area contributed by atoms with Crippen molar-refractivity contribution < 1.29 is 13.9 Å². The number of halogens is 1. The van der Waals surface area contributed by atoms with Crippen molar-refractivity contribution in [1.82, 2.24) is 5.32 Å². The van der Waals surface area contributed by atoms with Crippen molar-refractivity contribution in [3.63, 3.8) is 0 Å². The lowest BCUT2D eigenvalue weighted by molar-refractivity contribution is 0.0642. The molecule has 0 spiro atoms. The van der Waals surface area contributed by atoms with Gasteiger partial charge in [-0.15, -0.1) is 0 Å². The van der Waals surface area contributed by atoms with Gasteiger partial charge in [0.2, 0.25) is 0 Å². The topological polar surface area (TPSA) is 38.3 Å². The number of hydrogen-bond donors (Lipinski definition) is 1. The van der Waals surface area contributed by atoms with Crippen LogP contribution in [0.3, 0.4) is 0 Å². The second-order valence-electron chi connectivity index (χ2n) is 4.73. The van der Waals surface area contributed by atoms with E-state index in [4.69, 9.17) is 4.74 Å². The molecule has 18 heavy (non-hydrogen) atoms. The summed E-state index contributed by atoms with van der Waals surface area (Å²) in [5, 5.41) is 2.85. The molecule has 4 heteroatoms. The number of benzene rings is 1. The minimum absolute atomic E-state index is 0.208. The number of nitrogens with one attached hydrogen (secondary N) is 1. The van der Waals surface area contributed by atoms with Crippen LogP contribution in [0.2, 0.25) is 0 Å². The second-order valence-corrected chi connectivity index (χ2v) is 4.73. The molecule has 0 aromatic heterocycles. The van der Waals surface area contributed by atoms with Crippen LogP contribution in [0, 0.1) is 18.7 Å². The minimum Gasteiger partial charge on any atom is -0.381 e. The summed E-state index contributed by atoms with van der Waals surface area (Å²) in [6.45, 7) is 3.84. The van der Waals surface area contributed by atoms with Crippen LogP contribution in [0.4, 0.5) is 4.39 Å². The van der Waals surface area contributed by atoms with E-state index in [2.05, 4.69) is 5.32 Å². The predicted molar refractivity (Wildman–Crippen MR) is 67.0 cm³/mol. The first kappa shape index (κ1) is 13.0. The Morgan fingerprint density at radius 1 is 1.44 bits per heavy atom. The van der Waals surface area contributed by atoms with E-state index in [1.165, 1.54) is 6.07 Å². The lowest BCUT2D eigenvalue weighted by atomic mass is 10.0. The van der Waals surface area contributed by atoms with E-state index in [1.807, 2.05) is 0 Å². The number of aryl methyl sites for hydroxylation is 1.